The van der Waals surface area contributed by atoms with E-state index >= 15 is 0 Å². The van der Waals surface area contributed by atoms with Crippen LogP contribution >= 0.6 is 11.3 Å². The van der Waals surface area contributed by atoms with Gasteiger partial charge in [0, 0.05) is 32.1 Å². The molecule has 7 heteroatoms. The maximum absolute atomic E-state index is 12.5. The first kappa shape index (κ1) is 14.0. The van der Waals surface area contributed by atoms with Crippen molar-refractivity contribution >= 4 is 27.3 Å². The van der Waals surface area contributed by atoms with Gasteiger partial charge in [-0.05, 0) is 32.6 Å². The number of carbonyl (C=O) groups excluding carboxylic acids is 1. The zero-order valence-electron chi connectivity index (χ0n) is 12.9. The number of nitrogens with zero attached hydrogens (tertiary/aromatic N) is 5. The number of aryl methyl sites for hydroxylation is 1. The fourth-order valence-corrected chi connectivity index (χ4v) is 4.42. The van der Waals surface area contributed by atoms with Gasteiger partial charge in [0.05, 0.1) is 11.9 Å². The lowest BCUT2D eigenvalue weighted by molar-refractivity contribution is -0.135. The topological polar surface area (TPSA) is 53.7 Å². The number of fused-ring (bicyclic) bond motifs is 1. The van der Waals surface area contributed by atoms with Crippen molar-refractivity contribution in [2.45, 2.75) is 32.6 Å². The molecule has 0 saturated carbocycles. The Hall–Kier alpha value is -1.63. The van der Waals surface area contributed by atoms with E-state index in [1.165, 1.54) is 12.8 Å². The molecule has 0 bridgehead atoms. The summed E-state index contributed by atoms with van der Waals surface area (Å²) in [6.45, 7) is 5.74. The molecule has 0 unspecified atom stereocenters. The van der Waals surface area contributed by atoms with Crippen molar-refractivity contribution in [2.24, 2.45) is 5.92 Å². The van der Waals surface area contributed by atoms with Gasteiger partial charge in [-0.25, -0.2) is 9.50 Å². The fourth-order valence-electron chi connectivity index (χ4n) is 3.44. The molecule has 0 atom stereocenters. The highest BCUT2D eigenvalue weighted by atomic mass is 32.1. The van der Waals surface area contributed by atoms with Crippen LogP contribution in [0.15, 0.2) is 6.20 Å². The summed E-state index contributed by atoms with van der Waals surface area (Å²) in [5.41, 5.74) is 1.00. The SMILES string of the molecule is Cc1cn2nc(N3CCC(C(=O)N4CCCC4)CC3)sc2n1. The van der Waals surface area contributed by atoms with Crippen LogP contribution in [-0.4, -0.2) is 51.6 Å². The maximum Gasteiger partial charge on any atom is 0.225 e. The first-order valence-electron chi connectivity index (χ1n) is 8.07. The Morgan fingerprint density at radius 3 is 2.64 bits per heavy atom. The van der Waals surface area contributed by atoms with Gasteiger partial charge in [0.25, 0.3) is 0 Å². The van der Waals surface area contributed by atoms with Gasteiger partial charge in [-0.3, -0.25) is 4.79 Å². The van der Waals surface area contributed by atoms with Gasteiger partial charge < -0.3 is 9.80 Å². The number of aromatic nitrogens is 3. The average molecular weight is 319 g/mol. The molecular formula is C15H21N5OS. The third kappa shape index (κ3) is 2.47. The molecule has 0 aromatic carbocycles. The zero-order valence-corrected chi connectivity index (χ0v) is 13.7. The number of anilines is 1. The first-order valence-corrected chi connectivity index (χ1v) is 8.89. The molecule has 2 aromatic heterocycles. The van der Waals surface area contributed by atoms with Gasteiger partial charge in [0.2, 0.25) is 16.0 Å². The Labute approximate surface area is 133 Å². The summed E-state index contributed by atoms with van der Waals surface area (Å²) in [6, 6.07) is 0. The summed E-state index contributed by atoms with van der Waals surface area (Å²) in [6.07, 6.45) is 6.18. The summed E-state index contributed by atoms with van der Waals surface area (Å²) in [5, 5.41) is 5.63. The molecule has 1 amide bonds. The summed E-state index contributed by atoms with van der Waals surface area (Å²) in [5.74, 6) is 0.586. The number of rotatable bonds is 2. The molecule has 2 aromatic rings. The highest BCUT2D eigenvalue weighted by molar-refractivity contribution is 7.20. The Balaban J connectivity index is 1.40. The van der Waals surface area contributed by atoms with Crippen LogP contribution in [0, 0.1) is 12.8 Å². The van der Waals surface area contributed by atoms with Gasteiger partial charge in [0.15, 0.2) is 0 Å². The molecular weight excluding hydrogens is 298 g/mol. The van der Waals surface area contributed by atoms with E-state index in [1.807, 2.05) is 17.6 Å². The van der Waals surface area contributed by atoms with Gasteiger partial charge in [-0.1, -0.05) is 11.3 Å². The summed E-state index contributed by atoms with van der Waals surface area (Å²) in [7, 11) is 0. The average Bonchev–Trinajstić information content (AvgIpc) is 3.22. The zero-order chi connectivity index (χ0) is 15.1. The molecule has 4 rings (SSSR count). The van der Waals surface area contributed by atoms with Crippen molar-refractivity contribution in [1.82, 2.24) is 19.5 Å². The molecule has 4 heterocycles. The molecule has 6 nitrogen and oxygen atoms in total. The van der Waals surface area contributed by atoms with Crippen molar-refractivity contribution < 1.29 is 4.79 Å². The summed E-state index contributed by atoms with van der Waals surface area (Å²) >= 11 is 1.63. The molecule has 0 N–H and O–H groups in total. The molecule has 0 radical (unpaired) electrons. The number of amides is 1. The monoisotopic (exact) mass is 319 g/mol. The van der Waals surface area contributed by atoms with Crippen LogP contribution in [-0.2, 0) is 4.79 Å². The molecule has 2 fully saturated rings. The van der Waals surface area contributed by atoms with Crippen LogP contribution in [0.25, 0.3) is 4.96 Å². The van der Waals surface area contributed by atoms with E-state index in [2.05, 4.69) is 19.9 Å². The highest BCUT2D eigenvalue weighted by Gasteiger charge is 2.30. The third-order valence-corrected chi connectivity index (χ3v) is 5.67. The van der Waals surface area contributed by atoms with Crippen molar-refractivity contribution in [3.63, 3.8) is 0 Å². The summed E-state index contributed by atoms with van der Waals surface area (Å²) < 4.78 is 1.86. The predicted molar refractivity (Wildman–Crippen MR) is 86.4 cm³/mol. The van der Waals surface area contributed by atoms with Crippen molar-refractivity contribution in [1.29, 1.82) is 0 Å². The van der Waals surface area contributed by atoms with E-state index in [0.717, 1.165) is 54.8 Å². The second kappa shape index (κ2) is 5.53. The lowest BCUT2D eigenvalue weighted by Crippen LogP contribution is -2.41. The normalized spacial score (nSPS) is 20.2. The largest absolute Gasteiger partial charge is 0.347 e. The Bertz CT molecular complexity index is 648. The minimum absolute atomic E-state index is 0.209. The van der Waals surface area contributed by atoms with Crippen LogP contribution in [0.1, 0.15) is 31.4 Å². The number of imidazole rings is 1. The van der Waals surface area contributed by atoms with E-state index < -0.39 is 0 Å². The molecule has 2 aliphatic heterocycles. The first-order chi connectivity index (χ1) is 10.7. The van der Waals surface area contributed by atoms with Crippen LogP contribution in [0.3, 0.4) is 0 Å². The maximum atomic E-state index is 12.5. The summed E-state index contributed by atoms with van der Waals surface area (Å²) in [4.78, 5) is 22.2. The standard InChI is InChI=1S/C15H21N5OS/c1-11-10-20-14(16-11)22-15(17-20)19-8-4-12(5-9-19)13(21)18-6-2-3-7-18/h10,12H,2-9H2,1H3. The lowest BCUT2D eigenvalue weighted by atomic mass is 9.95. The van der Waals surface area contributed by atoms with Crippen LogP contribution in [0.4, 0.5) is 5.13 Å². The Morgan fingerprint density at radius 2 is 1.95 bits per heavy atom. The fraction of sp³-hybridized carbons (Fsp3) is 0.667. The smallest absolute Gasteiger partial charge is 0.225 e. The van der Waals surface area contributed by atoms with Crippen molar-refractivity contribution in [3.05, 3.63) is 11.9 Å². The molecule has 118 valence electrons. The van der Waals surface area contributed by atoms with Crippen molar-refractivity contribution in [2.75, 3.05) is 31.1 Å². The van der Waals surface area contributed by atoms with Crippen LogP contribution < -0.4 is 4.90 Å². The predicted octanol–water partition coefficient (Wildman–Crippen LogP) is 1.94. The number of hydrogen-bond acceptors (Lipinski definition) is 5. The quantitative estimate of drug-likeness (QED) is 0.849. The number of carbonyl (C=O) groups is 1. The molecule has 2 aliphatic rings. The molecule has 0 aliphatic carbocycles. The van der Waals surface area contributed by atoms with Crippen molar-refractivity contribution in [3.8, 4) is 0 Å². The minimum Gasteiger partial charge on any atom is -0.347 e. The minimum atomic E-state index is 0.209. The van der Waals surface area contributed by atoms with Gasteiger partial charge in [-0.15, -0.1) is 5.10 Å². The van der Waals surface area contributed by atoms with Crippen LogP contribution in [0.2, 0.25) is 0 Å². The number of hydrogen-bond donors (Lipinski definition) is 0. The lowest BCUT2D eigenvalue weighted by Gasteiger charge is -2.32. The molecule has 0 spiro atoms. The van der Waals surface area contributed by atoms with Crippen LogP contribution in [0.5, 0.6) is 0 Å². The number of piperidine rings is 1. The second-order valence-electron chi connectivity index (χ2n) is 6.29. The highest BCUT2D eigenvalue weighted by Crippen LogP contribution is 2.29. The van der Waals surface area contributed by atoms with E-state index in [4.69, 9.17) is 0 Å². The molecule has 2 saturated heterocycles. The van der Waals surface area contributed by atoms with E-state index in [1.54, 1.807) is 11.3 Å². The van der Waals surface area contributed by atoms with Gasteiger partial charge >= 0.3 is 0 Å². The Kier molecular flexibility index (Phi) is 3.52. The van der Waals surface area contributed by atoms with Gasteiger partial charge in [0.1, 0.15) is 0 Å². The van der Waals surface area contributed by atoms with E-state index in [-0.39, 0.29) is 5.92 Å². The Morgan fingerprint density at radius 1 is 1.23 bits per heavy atom. The second-order valence-corrected chi connectivity index (χ2v) is 7.22. The van der Waals surface area contributed by atoms with E-state index in [0.29, 0.717) is 5.91 Å². The third-order valence-electron chi connectivity index (χ3n) is 4.69. The van der Waals surface area contributed by atoms with E-state index in [9.17, 15) is 4.79 Å². The molecule has 22 heavy (non-hydrogen) atoms. The number of likely N-dealkylation sites (tertiary alicyclic amines) is 1. The van der Waals surface area contributed by atoms with Gasteiger partial charge in [-0.2, -0.15) is 0 Å².